The highest BCUT2D eigenvalue weighted by molar-refractivity contribution is 7.17. The number of anilines is 1. The molecule has 3 rings (SSSR count). The molecule has 1 aromatic carbocycles. The molecule has 1 aliphatic heterocycles. The summed E-state index contributed by atoms with van der Waals surface area (Å²) in [6.07, 6.45) is 1.04. The Kier molecular flexibility index (Phi) is 10.9. The fraction of sp³-hybridized carbons (Fsp3) is 0.462. The summed E-state index contributed by atoms with van der Waals surface area (Å²) in [5.41, 5.74) is 3.04. The molecule has 3 amide bonds. The van der Waals surface area contributed by atoms with E-state index in [0.29, 0.717) is 10.0 Å². The van der Waals surface area contributed by atoms with Gasteiger partial charge in [0.05, 0.1) is 17.9 Å². The first-order valence-corrected chi connectivity index (χ1v) is 13.5. The number of benzene rings is 1. The number of carbonyl (C=O) groups is 4. The van der Waals surface area contributed by atoms with E-state index in [2.05, 4.69) is 27.3 Å². The van der Waals surface area contributed by atoms with Gasteiger partial charge in [0.15, 0.2) is 5.06 Å². The number of thiophene rings is 1. The van der Waals surface area contributed by atoms with E-state index in [9.17, 15) is 19.2 Å². The number of ether oxygens (including phenoxy) is 2. The van der Waals surface area contributed by atoms with Crippen molar-refractivity contribution >= 4 is 52.5 Å². The Hall–Kier alpha value is -3.15. The van der Waals surface area contributed by atoms with Gasteiger partial charge in [-0.25, -0.2) is 4.79 Å². The summed E-state index contributed by atoms with van der Waals surface area (Å²) in [6.45, 7) is 2.09. The molecule has 0 bridgehead atoms. The fourth-order valence-corrected chi connectivity index (χ4v) is 4.85. The van der Waals surface area contributed by atoms with Crippen LogP contribution in [0.1, 0.15) is 30.4 Å². The highest BCUT2D eigenvalue weighted by Crippen LogP contribution is 2.28. The van der Waals surface area contributed by atoms with Crippen LogP contribution < -0.4 is 15.4 Å². The van der Waals surface area contributed by atoms with Crippen molar-refractivity contribution in [3.05, 3.63) is 45.8 Å². The quantitative estimate of drug-likeness (QED) is 0.425. The third kappa shape index (κ3) is 9.00. The first kappa shape index (κ1) is 29.4. The van der Waals surface area contributed by atoms with Crippen molar-refractivity contribution in [2.24, 2.45) is 0 Å². The number of nitrogens with one attached hydrogen (secondary N) is 2. The number of carbonyl (C=O) groups excluding carboxylic acids is 4. The Balaban J connectivity index is 1.66. The summed E-state index contributed by atoms with van der Waals surface area (Å²) >= 11 is 6.98. The van der Waals surface area contributed by atoms with Crippen LogP contribution in [0, 0.1) is 0 Å². The second kappa shape index (κ2) is 14.1. The van der Waals surface area contributed by atoms with E-state index >= 15 is 0 Å². The molecule has 0 saturated heterocycles. The summed E-state index contributed by atoms with van der Waals surface area (Å²) in [6, 6.07) is 7.92. The summed E-state index contributed by atoms with van der Waals surface area (Å²) in [5.74, 6) is -1.17. The van der Waals surface area contributed by atoms with E-state index in [-0.39, 0.29) is 36.8 Å². The minimum atomic E-state index is -1.04. The Morgan fingerprint density at radius 1 is 1.11 bits per heavy atom. The molecule has 2 heterocycles. The Labute approximate surface area is 231 Å². The molecule has 206 valence electrons. The number of likely N-dealkylation sites (N-methyl/N-ethyl adjacent to an activating group) is 1. The summed E-state index contributed by atoms with van der Waals surface area (Å²) in [7, 11) is 4.93. The highest BCUT2D eigenvalue weighted by Gasteiger charge is 2.25. The van der Waals surface area contributed by atoms with Crippen LogP contribution in [0.5, 0.6) is 5.06 Å². The lowest BCUT2D eigenvalue weighted by molar-refractivity contribution is -0.141. The maximum atomic E-state index is 13.2. The van der Waals surface area contributed by atoms with Gasteiger partial charge >= 0.3 is 12.1 Å². The van der Waals surface area contributed by atoms with E-state index < -0.39 is 24.0 Å². The van der Waals surface area contributed by atoms with E-state index in [0.717, 1.165) is 37.3 Å². The lowest BCUT2D eigenvalue weighted by atomic mass is 10.0. The van der Waals surface area contributed by atoms with Crippen LogP contribution in [0.2, 0.25) is 4.34 Å². The average Bonchev–Trinajstić information content (AvgIpc) is 3.21. The van der Waals surface area contributed by atoms with E-state index in [1.807, 2.05) is 18.2 Å². The van der Waals surface area contributed by atoms with E-state index in [1.165, 1.54) is 23.1 Å². The number of amides is 3. The second-order valence-corrected chi connectivity index (χ2v) is 10.8. The highest BCUT2D eigenvalue weighted by atomic mass is 35.5. The third-order valence-corrected chi connectivity index (χ3v) is 7.41. The lowest BCUT2D eigenvalue weighted by Gasteiger charge is -2.21. The smallest absolute Gasteiger partial charge is 0.414 e. The molecule has 0 saturated carbocycles. The maximum absolute atomic E-state index is 13.2. The largest absolute Gasteiger partial charge is 0.469 e. The van der Waals surface area contributed by atoms with Crippen molar-refractivity contribution in [2.45, 2.75) is 38.1 Å². The number of methoxy groups -OCH3 is 1. The molecule has 38 heavy (non-hydrogen) atoms. The van der Waals surface area contributed by atoms with E-state index in [4.69, 9.17) is 16.3 Å². The zero-order valence-corrected chi connectivity index (χ0v) is 23.3. The van der Waals surface area contributed by atoms with Gasteiger partial charge in [0, 0.05) is 38.8 Å². The molecule has 12 heteroatoms. The Morgan fingerprint density at radius 3 is 2.53 bits per heavy atom. The zero-order valence-electron chi connectivity index (χ0n) is 21.8. The molecule has 10 nitrogen and oxygen atoms in total. The number of esters is 1. The molecular weight excluding hydrogens is 532 g/mol. The van der Waals surface area contributed by atoms with Crippen LogP contribution in [0.3, 0.4) is 0 Å². The summed E-state index contributed by atoms with van der Waals surface area (Å²) in [5, 5.41) is 5.71. The van der Waals surface area contributed by atoms with E-state index in [1.54, 1.807) is 19.2 Å². The SMILES string of the molecule is COC(=O)CCN(C)C(=O)CC[C@@H](NC(=O)Oc1ccc(Cl)s1)C(=O)Nc1ccc2c(c1)CCN(C)CC2. The molecule has 2 N–H and O–H groups in total. The van der Waals surface area contributed by atoms with Gasteiger partial charge in [0.25, 0.3) is 0 Å². The number of hydrogen-bond donors (Lipinski definition) is 2. The summed E-state index contributed by atoms with van der Waals surface area (Å²) in [4.78, 5) is 53.4. The molecule has 0 aliphatic carbocycles. The minimum absolute atomic E-state index is 0.0304. The number of nitrogens with zero attached hydrogens (tertiary/aromatic N) is 2. The Morgan fingerprint density at radius 2 is 1.84 bits per heavy atom. The molecule has 0 spiro atoms. The number of hydrogen-bond acceptors (Lipinski definition) is 8. The molecule has 1 aliphatic rings. The van der Waals surface area contributed by atoms with Crippen molar-refractivity contribution in [2.75, 3.05) is 46.2 Å². The number of halogens is 1. The van der Waals surface area contributed by atoms with Gasteiger partial charge in [-0.2, -0.15) is 0 Å². The first-order chi connectivity index (χ1) is 18.1. The van der Waals surface area contributed by atoms with Crippen LogP contribution in [0.15, 0.2) is 30.3 Å². The van der Waals surface area contributed by atoms with Crippen LogP contribution in [0.4, 0.5) is 10.5 Å². The molecule has 0 fully saturated rings. The van der Waals surface area contributed by atoms with Gasteiger partial charge in [-0.1, -0.05) is 29.0 Å². The predicted octanol–water partition coefficient (Wildman–Crippen LogP) is 3.33. The third-order valence-electron chi connectivity index (χ3n) is 6.30. The molecule has 2 aromatic rings. The van der Waals surface area contributed by atoms with Gasteiger partial charge in [-0.05, 0) is 61.7 Å². The van der Waals surface area contributed by atoms with Gasteiger partial charge < -0.3 is 29.9 Å². The van der Waals surface area contributed by atoms with Crippen LogP contribution in [-0.4, -0.2) is 80.6 Å². The second-order valence-electron chi connectivity index (χ2n) is 9.10. The molecule has 0 unspecified atom stereocenters. The molecular formula is C26H33ClN4O6S. The number of rotatable bonds is 10. The normalized spacial score (nSPS) is 14.0. The Bertz CT molecular complexity index is 1160. The van der Waals surface area contributed by atoms with Crippen molar-refractivity contribution in [1.29, 1.82) is 0 Å². The monoisotopic (exact) mass is 564 g/mol. The van der Waals surface area contributed by atoms with Crippen molar-refractivity contribution in [3.63, 3.8) is 0 Å². The molecule has 0 radical (unpaired) electrons. The van der Waals surface area contributed by atoms with Crippen molar-refractivity contribution in [1.82, 2.24) is 15.1 Å². The molecule has 1 atom stereocenters. The summed E-state index contributed by atoms with van der Waals surface area (Å²) < 4.78 is 10.3. The minimum Gasteiger partial charge on any atom is -0.469 e. The average molecular weight is 565 g/mol. The topological polar surface area (TPSA) is 117 Å². The number of fused-ring (bicyclic) bond motifs is 1. The van der Waals surface area contributed by atoms with Crippen LogP contribution >= 0.6 is 22.9 Å². The van der Waals surface area contributed by atoms with Crippen molar-refractivity contribution < 1.29 is 28.7 Å². The van der Waals surface area contributed by atoms with Gasteiger partial charge in [0.1, 0.15) is 6.04 Å². The first-order valence-electron chi connectivity index (χ1n) is 12.3. The molecule has 1 aromatic heterocycles. The predicted molar refractivity (Wildman–Crippen MR) is 146 cm³/mol. The maximum Gasteiger partial charge on any atom is 0.414 e. The lowest BCUT2D eigenvalue weighted by Crippen LogP contribution is -2.45. The zero-order chi connectivity index (χ0) is 27.7. The van der Waals surface area contributed by atoms with Crippen molar-refractivity contribution in [3.8, 4) is 5.06 Å². The standard InChI is InChI=1S/C26H33ClN4O6S/c1-30-13-10-17-4-5-19(16-18(17)11-14-30)28-25(34)20(29-26(35)37-24-9-7-21(27)38-24)6-8-22(32)31(2)15-12-23(33)36-3/h4-5,7,9,16,20H,6,8,10-15H2,1-3H3,(H,28,34)(H,29,35)/t20-/m1/s1. The van der Waals surface area contributed by atoms with Crippen LogP contribution in [0.25, 0.3) is 0 Å². The van der Waals surface area contributed by atoms with Gasteiger partial charge in [-0.15, -0.1) is 0 Å². The van der Waals surface area contributed by atoms with Gasteiger partial charge in [0.2, 0.25) is 11.8 Å². The van der Waals surface area contributed by atoms with Gasteiger partial charge in [-0.3, -0.25) is 14.4 Å². The van der Waals surface area contributed by atoms with Crippen LogP contribution in [-0.2, 0) is 32.0 Å². The fourth-order valence-electron chi connectivity index (χ4n) is 3.97.